The van der Waals surface area contributed by atoms with Gasteiger partial charge in [-0.15, -0.1) is 0 Å². The summed E-state index contributed by atoms with van der Waals surface area (Å²) in [6, 6.07) is 5.83. The van der Waals surface area contributed by atoms with E-state index in [2.05, 4.69) is 20.8 Å². The lowest BCUT2D eigenvalue weighted by molar-refractivity contribution is -0.126. The summed E-state index contributed by atoms with van der Waals surface area (Å²) < 4.78 is 11.1. The first-order valence-corrected chi connectivity index (χ1v) is 8.92. The fourth-order valence-corrected chi connectivity index (χ4v) is 4.23. The van der Waals surface area contributed by atoms with Crippen molar-refractivity contribution in [2.45, 2.75) is 35.9 Å². The molecule has 1 fully saturated rings. The smallest absolute Gasteiger partial charge is 0.164 e. The van der Waals surface area contributed by atoms with Gasteiger partial charge in [-0.1, -0.05) is 34.5 Å². The van der Waals surface area contributed by atoms with E-state index >= 15 is 0 Å². The summed E-state index contributed by atoms with van der Waals surface area (Å²) in [7, 11) is 7.34. The van der Waals surface area contributed by atoms with Crippen molar-refractivity contribution < 1.29 is 14.3 Å². The van der Waals surface area contributed by atoms with Crippen LogP contribution >= 0.6 is 15.9 Å². The number of ketones is 1. The van der Waals surface area contributed by atoms with Crippen LogP contribution in [-0.4, -0.2) is 50.4 Å². The van der Waals surface area contributed by atoms with Crippen LogP contribution in [0.15, 0.2) is 18.2 Å². The number of benzene rings is 1. The molecule has 0 spiro atoms. The van der Waals surface area contributed by atoms with E-state index in [1.165, 1.54) is 0 Å². The Morgan fingerprint density at radius 2 is 2.04 bits per heavy atom. The van der Waals surface area contributed by atoms with E-state index in [9.17, 15) is 4.79 Å². The number of rotatable bonds is 6. The molecular weight excluding hydrogens is 358 g/mol. The molecule has 0 radical (unpaired) electrons. The zero-order valence-electron chi connectivity index (χ0n) is 14.4. The number of methoxy groups -OCH3 is 2. The zero-order valence-corrected chi connectivity index (χ0v) is 16.0. The third-order valence-electron chi connectivity index (χ3n) is 4.72. The lowest BCUT2D eigenvalue weighted by Gasteiger charge is -2.40. The Kier molecular flexibility index (Phi) is 6.09. The van der Waals surface area contributed by atoms with E-state index in [-0.39, 0.29) is 10.6 Å². The van der Waals surface area contributed by atoms with Gasteiger partial charge in [0.2, 0.25) is 0 Å². The SMILES string of the molecule is COc1cccc(C2(CCN(C)C)CCCC(Br)C2=O)c1OC. The summed E-state index contributed by atoms with van der Waals surface area (Å²) in [4.78, 5) is 15.2. The number of Topliss-reactive ketones (excluding diaryl/α,β-unsaturated/α-hetero) is 1. The number of hydrogen-bond donors (Lipinski definition) is 0. The first kappa shape index (κ1) is 18.3. The maximum Gasteiger partial charge on any atom is 0.164 e. The maximum absolute atomic E-state index is 13.2. The molecule has 0 heterocycles. The molecule has 0 N–H and O–H groups in total. The minimum absolute atomic E-state index is 0.0886. The van der Waals surface area contributed by atoms with Crippen molar-refractivity contribution in [3.05, 3.63) is 23.8 Å². The Bertz CT molecular complexity index is 561. The lowest BCUT2D eigenvalue weighted by atomic mass is 9.66. The first-order valence-electron chi connectivity index (χ1n) is 8.01. The molecule has 1 saturated carbocycles. The third kappa shape index (κ3) is 3.56. The van der Waals surface area contributed by atoms with Gasteiger partial charge in [0, 0.05) is 5.56 Å². The molecule has 0 aliphatic heterocycles. The van der Waals surface area contributed by atoms with Crippen molar-refractivity contribution in [3.8, 4) is 11.5 Å². The van der Waals surface area contributed by atoms with E-state index in [4.69, 9.17) is 9.47 Å². The molecule has 2 atom stereocenters. The Morgan fingerprint density at radius 1 is 1.30 bits per heavy atom. The van der Waals surface area contributed by atoms with Crippen LogP contribution in [0, 0.1) is 0 Å². The number of ether oxygens (including phenoxy) is 2. The number of halogens is 1. The number of carbonyl (C=O) groups excluding carboxylic acids is 1. The van der Waals surface area contributed by atoms with Gasteiger partial charge in [-0.25, -0.2) is 0 Å². The molecule has 0 aromatic heterocycles. The van der Waals surface area contributed by atoms with Gasteiger partial charge < -0.3 is 14.4 Å². The van der Waals surface area contributed by atoms with Crippen LogP contribution < -0.4 is 9.47 Å². The van der Waals surface area contributed by atoms with Crippen molar-refractivity contribution >= 4 is 21.7 Å². The number of nitrogens with zero attached hydrogens (tertiary/aromatic N) is 1. The van der Waals surface area contributed by atoms with Gasteiger partial charge in [-0.3, -0.25) is 4.79 Å². The average Bonchev–Trinajstić information content (AvgIpc) is 2.55. The summed E-state index contributed by atoms with van der Waals surface area (Å²) in [6.07, 6.45) is 3.56. The predicted octanol–water partition coefficient (Wildman–Crippen LogP) is 3.41. The second-order valence-electron chi connectivity index (χ2n) is 6.40. The Hall–Kier alpha value is -1.07. The van der Waals surface area contributed by atoms with Crippen molar-refractivity contribution in [2.24, 2.45) is 0 Å². The summed E-state index contributed by atoms with van der Waals surface area (Å²) in [5.74, 6) is 1.62. The molecule has 128 valence electrons. The van der Waals surface area contributed by atoms with E-state index in [0.717, 1.165) is 37.8 Å². The Labute approximate surface area is 147 Å². The molecule has 1 aliphatic carbocycles. The highest BCUT2D eigenvalue weighted by Gasteiger charge is 2.46. The Balaban J connectivity index is 2.56. The van der Waals surface area contributed by atoms with Crippen molar-refractivity contribution in [3.63, 3.8) is 0 Å². The average molecular weight is 384 g/mol. The van der Waals surface area contributed by atoms with Crippen molar-refractivity contribution in [1.29, 1.82) is 0 Å². The largest absolute Gasteiger partial charge is 0.493 e. The molecule has 1 aromatic rings. The van der Waals surface area contributed by atoms with Gasteiger partial charge in [0.25, 0.3) is 0 Å². The van der Waals surface area contributed by atoms with Crippen LogP contribution in [-0.2, 0) is 10.2 Å². The Morgan fingerprint density at radius 3 is 2.65 bits per heavy atom. The summed E-state index contributed by atoms with van der Waals surface area (Å²) in [5, 5.41) is 0. The molecule has 0 saturated heterocycles. The normalized spacial score (nSPS) is 24.8. The molecule has 0 bridgehead atoms. The van der Waals surface area contributed by atoms with Gasteiger partial charge in [-0.05, 0) is 46.0 Å². The molecule has 2 unspecified atom stereocenters. The number of carbonyl (C=O) groups is 1. The highest BCUT2D eigenvalue weighted by Crippen LogP contribution is 2.47. The van der Waals surface area contributed by atoms with E-state index in [0.29, 0.717) is 11.5 Å². The number of para-hydroxylation sites is 1. The standard InChI is InChI=1S/C18H26BrNO3/c1-20(2)12-11-18(10-6-8-14(19)17(18)21)13-7-5-9-15(22-3)16(13)23-4/h5,7,9,14H,6,8,10-12H2,1-4H3. The number of alkyl halides is 1. The first-order chi connectivity index (χ1) is 11.0. The van der Waals surface area contributed by atoms with Crippen LogP contribution in [0.3, 0.4) is 0 Å². The maximum atomic E-state index is 13.2. The van der Waals surface area contributed by atoms with Crippen LogP contribution in [0.25, 0.3) is 0 Å². The summed E-state index contributed by atoms with van der Waals surface area (Å²) in [5.41, 5.74) is 0.437. The van der Waals surface area contributed by atoms with Crippen LogP contribution in [0.4, 0.5) is 0 Å². The number of hydrogen-bond acceptors (Lipinski definition) is 4. The van der Waals surface area contributed by atoms with Gasteiger partial charge >= 0.3 is 0 Å². The third-order valence-corrected chi connectivity index (χ3v) is 5.60. The van der Waals surface area contributed by atoms with Gasteiger partial charge in [-0.2, -0.15) is 0 Å². The van der Waals surface area contributed by atoms with Gasteiger partial charge in [0.05, 0.1) is 24.5 Å². The predicted molar refractivity (Wildman–Crippen MR) is 96.0 cm³/mol. The zero-order chi connectivity index (χ0) is 17.0. The highest BCUT2D eigenvalue weighted by atomic mass is 79.9. The fourth-order valence-electron chi connectivity index (χ4n) is 3.47. The highest BCUT2D eigenvalue weighted by molar-refractivity contribution is 9.10. The molecule has 5 heteroatoms. The van der Waals surface area contributed by atoms with Crippen molar-refractivity contribution in [1.82, 2.24) is 4.90 Å². The van der Waals surface area contributed by atoms with Crippen LogP contribution in [0.2, 0.25) is 0 Å². The van der Waals surface area contributed by atoms with Gasteiger partial charge in [0.15, 0.2) is 17.3 Å². The van der Waals surface area contributed by atoms with Crippen LogP contribution in [0.1, 0.15) is 31.2 Å². The summed E-state index contributed by atoms with van der Waals surface area (Å²) in [6.45, 7) is 0.853. The molecule has 0 amide bonds. The molecule has 1 aromatic carbocycles. The molecule has 4 nitrogen and oxygen atoms in total. The second-order valence-corrected chi connectivity index (χ2v) is 7.51. The topological polar surface area (TPSA) is 38.8 Å². The molecule has 2 rings (SSSR count). The monoisotopic (exact) mass is 383 g/mol. The fraction of sp³-hybridized carbons (Fsp3) is 0.611. The second kappa shape index (κ2) is 7.67. The van der Waals surface area contributed by atoms with E-state index in [1.807, 2.05) is 32.3 Å². The van der Waals surface area contributed by atoms with Crippen molar-refractivity contribution in [2.75, 3.05) is 34.9 Å². The van der Waals surface area contributed by atoms with E-state index in [1.54, 1.807) is 14.2 Å². The molecule has 23 heavy (non-hydrogen) atoms. The minimum atomic E-state index is -0.517. The van der Waals surface area contributed by atoms with Crippen LogP contribution in [0.5, 0.6) is 11.5 Å². The van der Waals surface area contributed by atoms with Gasteiger partial charge in [0.1, 0.15) is 0 Å². The molecular formula is C18H26BrNO3. The van der Waals surface area contributed by atoms with E-state index < -0.39 is 5.41 Å². The molecule has 1 aliphatic rings. The minimum Gasteiger partial charge on any atom is -0.493 e. The summed E-state index contributed by atoms with van der Waals surface area (Å²) >= 11 is 3.58. The quantitative estimate of drug-likeness (QED) is 0.705. The lowest BCUT2D eigenvalue weighted by Crippen LogP contribution is -2.46.